The third-order valence-corrected chi connectivity index (χ3v) is 4.10. The van der Waals surface area contributed by atoms with Crippen LogP contribution in [0.3, 0.4) is 0 Å². The van der Waals surface area contributed by atoms with Crippen LogP contribution in [0, 0.1) is 11.3 Å². The van der Waals surface area contributed by atoms with E-state index in [4.69, 9.17) is 0 Å². The van der Waals surface area contributed by atoms with E-state index in [2.05, 4.69) is 6.08 Å². The maximum absolute atomic E-state index is 2.51. The zero-order valence-electron chi connectivity index (χ0n) is 6.69. The number of hydrogen-bond acceptors (Lipinski definition) is 0. The first-order valence-corrected chi connectivity index (χ1v) is 4.78. The molecule has 4 bridgehead atoms. The molecule has 0 aromatic carbocycles. The number of rotatable bonds is 0. The molecule has 0 nitrogen and oxygen atoms in total. The van der Waals surface area contributed by atoms with Crippen molar-refractivity contribution in [3.05, 3.63) is 22.8 Å². The summed E-state index contributed by atoms with van der Waals surface area (Å²) < 4.78 is 0. The Bertz CT molecular complexity index is 319. The SMILES string of the molecule is C1=C2CC3CC1=C1CC1(C2)C3. The van der Waals surface area contributed by atoms with Crippen LogP contribution in [0.25, 0.3) is 0 Å². The Kier molecular flexibility index (Phi) is 0.583. The van der Waals surface area contributed by atoms with Gasteiger partial charge in [0.15, 0.2) is 0 Å². The van der Waals surface area contributed by atoms with E-state index >= 15 is 0 Å². The standard InChI is InChI=1S/C11H12/c1-7-2-9-3-8(1)5-11(4-7)6-10(9)11/h2,8H,1,3-6H2. The van der Waals surface area contributed by atoms with Crippen LogP contribution in [0.2, 0.25) is 0 Å². The van der Waals surface area contributed by atoms with Crippen molar-refractivity contribution in [3.8, 4) is 0 Å². The van der Waals surface area contributed by atoms with Crippen LogP contribution < -0.4 is 0 Å². The predicted octanol–water partition coefficient (Wildman–Crippen LogP) is 2.82. The van der Waals surface area contributed by atoms with Crippen molar-refractivity contribution >= 4 is 0 Å². The van der Waals surface area contributed by atoms with E-state index in [0.717, 1.165) is 11.3 Å². The first-order valence-electron chi connectivity index (χ1n) is 4.78. The Labute approximate surface area is 67.0 Å². The molecule has 0 radical (unpaired) electrons. The Hall–Kier alpha value is -0.520. The second-order valence-corrected chi connectivity index (χ2v) is 4.92. The van der Waals surface area contributed by atoms with Crippen LogP contribution in [-0.2, 0) is 0 Å². The van der Waals surface area contributed by atoms with Gasteiger partial charge in [0.05, 0.1) is 0 Å². The summed E-state index contributed by atoms with van der Waals surface area (Å²) in [5.74, 6) is 1.06. The Morgan fingerprint density at radius 3 is 3.09 bits per heavy atom. The number of hydrogen-bond donors (Lipinski definition) is 0. The predicted molar refractivity (Wildman–Crippen MR) is 44.1 cm³/mol. The van der Waals surface area contributed by atoms with E-state index < -0.39 is 0 Å². The summed E-state index contributed by atoms with van der Waals surface area (Å²) >= 11 is 0. The Balaban J connectivity index is 2.06. The van der Waals surface area contributed by atoms with Gasteiger partial charge in [0.25, 0.3) is 0 Å². The lowest BCUT2D eigenvalue weighted by Gasteiger charge is -2.39. The van der Waals surface area contributed by atoms with Gasteiger partial charge in [0.1, 0.15) is 0 Å². The van der Waals surface area contributed by atoms with Gasteiger partial charge in [-0.3, -0.25) is 0 Å². The minimum Gasteiger partial charge on any atom is -0.0688 e. The molecule has 0 aromatic heterocycles. The summed E-state index contributed by atoms with van der Waals surface area (Å²) in [5, 5.41) is 0. The molecule has 5 aliphatic rings. The van der Waals surface area contributed by atoms with Crippen molar-refractivity contribution in [1.29, 1.82) is 0 Å². The van der Waals surface area contributed by atoms with Gasteiger partial charge in [-0.2, -0.15) is 0 Å². The molecule has 0 saturated heterocycles. The van der Waals surface area contributed by atoms with Crippen LogP contribution in [0.4, 0.5) is 0 Å². The topological polar surface area (TPSA) is 0 Å². The van der Waals surface area contributed by atoms with Gasteiger partial charge in [0, 0.05) is 0 Å². The summed E-state index contributed by atoms with van der Waals surface area (Å²) in [6, 6.07) is 0. The molecule has 2 saturated carbocycles. The van der Waals surface area contributed by atoms with Crippen molar-refractivity contribution in [2.24, 2.45) is 11.3 Å². The highest BCUT2D eigenvalue weighted by molar-refractivity contribution is 5.53. The van der Waals surface area contributed by atoms with E-state index in [1.807, 2.05) is 5.57 Å². The number of allylic oxidation sites excluding steroid dienone is 4. The summed E-state index contributed by atoms with van der Waals surface area (Å²) in [6.45, 7) is 0. The van der Waals surface area contributed by atoms with Crippen LogP contribution in [0.15, 0.2) is 22.8 Å². The third-order valence-electron chi connectivity index (χ3n) is 4.10. The quantitative estimate of drug-likeness (QED) is 0.490. The van der Waals surface area contributed by atoms with Crippen molar-refractivity contribution in [2.45, 2.75) is 32.1 Å². The molecule has 0 heteroatoms. The summed E-state index contributed by atoms with van der Waals surface area (Å²) in [6.07, 6.45) is 9.85. The Morgan fingerprint density at radius 1 is 1.27 bits per heavy atom. The van der Waals surface area contributed by atoms with Crippen molar-refractivity contribution in [1.82, 2.24) is 0 Å². The maximum Gasteiger partial charge on any atom is -0.000435 e. The molecule has 0 aliphatic heterocycles. The summed E-state index contributed by atoms with van der Waals surface area (Å²) in [4.78, 5) is 0. The van der Waals surface area contributed by atoms with Crippen molar-refractivity contribution in [2.75, 3.05) is 0 Å². The lowest BCUT2D eigenvalue weighted by molar-refractivity contribution is 0.287. The highest BCUT2D eigenvalue weighted by Crippen LogP contribution is 2.70. The monoisotopic (exact) mass is 144 g/mol. The minimum absolute atomic E-state index is 0.778. The third kappa shape index (κ3) is 0.446. The lowest BCUT2D eigenvalue weighted by atomic mass is 9.66. The molecule has 2 unspecified atom stereocenters. The molecule has 5 aliphatic carbocycles. The highest BCUT2D eigenvalue weighted by atomic mass is 14.6. The molecule has 0 aromatic rings. The van der Waals surface area contributed by atoms with Crippen molar-refractivity contribution < 1.29 is 0 Å². The first-order chi connectivity index (χ1) is 5.36. The second kappa shape index (κ2) is 1.24. The fraction of sp³-hybridized carbons (Fsp3) is 0.636. The minimum atomic E-state index is 0.778. The van der Waals surface area contributed by atoms with Gasteiger partial charge in [-0.25, -0.2) is 0 Å². The molecule has 0 N–H and O–H groups in total. The summed E-state index contributed by atoms with van der Waals surface area (Å²) in [7, 11) is 0. The van der Waals surface area contributed by atoms with E-state index in [-0.39, 0.29) is 0 Å². The molecular weight excluding hydrogens is 132 g/mol. The average molecular weight is 144 g/mol. The largest absolute Gasteiger partial charge is 0.0688 e. The Morgan fingerprint density at radius 2 is 2.27 bits per heavy atom. The van der Waals surface area contributed by atoms with Crippen LogP contribution in [0.1, 0.15) is 32.1 Å². The van der Waals surface area contributed by atoms with E-state index in [1.54, 1.807) is 17.6 Å². The van der Waals surface area contributed by atoms with Gasteiger partial charge < -0.3 is 0 Å². The molecule has 5 rings (SSSR count). The zero-order chi connectivity index (χ0) is 7.05. The highest BCUT2D eigenvalue weighted by Gasteiger charge is 2.57. The van der Waals surface area contributed by atoms with Crippen molar-refractivity contribution in [3.63, 3.8) is 0 Å². The fourth-order valence-electron chi connectivity index (χ4n) is 3.77. The van der Waals surface area contributed by atoms with Gasteiger partial charge in [-0.05, 0) is 49.0 Å². The molecule has 1 spiro atoms. The van der Waals surface area contributed by atoms with Gasteiger partial charge >= 0.3 is 0 Å². The smallest absolute Gasteiger partial charge is 0.000435 e. The molecule has 11 heavy (non-hydrogen) atoms. The van der Waals surface area contributed by atoms with Gasteiger partial charge in [-0.15, -0.1) is 0 Å². The second-order valence-electron chi connectivity index (χ2n) is 4.92. The molecule has 0 heterocycles. The molecular formula is C11H12. The normalized spacial score (nSPS) is 49.5. The molecule has 0 amide bonds. The van der Waals surface area contributed by atoms with E-state index in [9.17, 15) is 0 Å². The van der Waals surface area contributed by atoms with Gasteiger partial charge in [0.2, 0.25) is 0 Å². The zero-order valence-corrected chi connectivity index (χ0v) is 6.69. The van der Waals surface area contributed by atoms with E-state index in [0.29, 0.717) is 0 Å². The first kappa shape index (κ1) is 5.18. The molecule has 2 fully saturated rings. The average Bonchev–Trinajstić information content (AvgIpc) is 2.61. The van der Waals surface area contributed by atoms with Crippen LogP contribution in [-0.4, -0.2) is 0 Å². The van der Waals surface area contributed by atoms with Crippen LogP contribution >= 0.6 is 0 Å². The lowest BCUT2D eigenvalue weighted by Crippen LogP contribution is -2.26. The fourth-order valence-corrected chi connectivity index (χ4v) is 3.77. The maximum atomic E-state index is 2.51. The molecule has 56 valence electrons. The van der Waals surface area contributed by atoms with Gasteiger partial charge in [-0.1, -0.05) is 17.2 Å². The molecule has 2 atom stereocenters. The van der Waals surface area contributed by atoms with Crippen LogP contribution in [0.5, 0.6) is 0 Å². The van der Waals surface area contributed by atoms with E-state index in [1.165, 1.54) is 25.7 Å². The summed E-state index contributed by atoms with van der Waals surface area (Å²) in [5.41, 5.74) is 6.18.